The number of carbonyl (C=O) groups excluding carboxylic acids is 4. The van der Waals surface area contributed by atoms with E-state index in [-0.39, 0.29) is 17.5 Å². The molecule has 9 nitrogen and oxygen atoms in total. The quantitative estimate of drug-likeness (QED) is 0.337. The van der Waals surface area contributed by atoms with Crippen LogP contribution in [0.5, 0.6) is 0 Å². The van der Waals surface area contributed by atoms with Crippen LogP contribution in [0.4, 0.5) is 0 Å². The van der Waals surface area contributed by atoms with Gasteiger partial charge in [-0.15, -0.1) is 6.42 Å². The summed E-state index contributed by atoms with van der Waals surface area (Å²) >= 11 is 0.931. The Morgan fingerprint density at radius 3 is 1.93 bits per heavy atom. The van der Waals surface area contributed by atoms with E-state index in [1.165, 1.54) is 13.8 Å². The highest BCUT2D eigenvalue weighted by Gasteiger charge is 2.52. The number of ether oxygens (including phenoxy) is 5. The second-order valence-corrected chi connectivity index (χ2v) is 6.78. The van der Waals surface area contributed by atoms with Crippen molar-refractivity contribution >= 4 is 34.8 Å². The van der Waals surface area contributed by atoms with Gasteiger partial charge in [-0.1, -0.05) is 17.7 Å². The van der Waals surface area contributed by atoms with Crippen molar-refractivity contribution < 1.29 is 42.9 Å². The molecule has 1 aliphatic rings. The van der Waals surface area contributed by atoms with Crippen molar-refractivity contribution in [3.05, 3.63) is 0 Å². The van der Waals surface area contributed by atoms with Crippen LogP contribution >= 0.6 is 11.8 Å². The van der Waals surface area contributed by atoms with Crippen molar-refractivity contribution in [2.75, 3.05) is 12.4 Å². The van der Waals surface area contributed by atoms with Crippen LogP contribution < -0.4 is 0 Å². The average molecular weight is 402 g/mol. The zero-order chi connectivity index (χ0) is 20.6. The SMILES string of the molecule is C#CCO[C@@H]1O[C@H](CSC(C)=O)[C@H](OC(C)=O)[C@H](OC(C)=O)[C@H]1OC(C)=O. The summed E-state index contributed by atoms with van der Waals surface area (Å²) in [5.41, 5.74) is 0. The fourth-order valence-electron chi connectivity index (χ4n) is 2.45. The topological polar surface area (TPSA) is 114 Å². The second kappa shape index (κ2) is 10.9. The summed E-state index contributed by atoms with van der Waals surface area (Å²) in [7, 11) is 0. The third-order valence-corrected chi connectivity index (χ3v) is 4.18. The van der Waals surface area contributed by atoms with Gasteiger partial charge in [0.2, 0.25) is 0 Å². The lowest BCUT2D eigenvalue weighted by molar-refractivity contribution is -0.297. The van der Waals surface area contributed by atoms with E-state index in [0.29, 0.717) is 0 Å². The maximum Gasteiger partial charge on any atom is 0.303 e. The van der Waals surface area contributed by atoms with Crippen LogP contribution in [-0.2, 0) is 42.9 Å². The summed E-state index contributed by atoms with van der Waals surface area (Å²) in [5, 5.41) is -0.188. The molecule has 0 aromatic heterocycles. The molecule has 0 spiro atoms. The van der Waals surface area contributed by atoms with Gasteiger partial charge in [-0.3, -0.25) is 19.2 Å². The van der Waals surface area contributed by atoms with E-state index in [9.17, 15) is 19.2 Å². The molecule has 10 heteroatoms. The predicted molar refractivity (Wildman–Crippen MR) is 93.2 cm³/mol. The van der Waals surface area contributed by atoms with Crippen molar-refractivity contribution in [3.63, 3.8) is 0 Å². The molecule has 0 aromatic carbocycles. The van der Waals surface area contributed by atoms with Crippen molar-refractivity contribution in [3.8, 4) is 12.3 Å². The summed E-state index contributed by atoms with van der Waals surface area (Å²) < 4.78 is 26.9. The van der Waals surface area contributed by atoms with Crippen LogP contribution in [-0.4, -0.2) is 66.1 Å². The summed E-state index contributed by atoms with van der Waals surface area (Å²) in [4.78, 5) is 46.0. The first-order valence-corrected chi connectivity index (χ1v) is 8.99. The average Bonchev–Trinajstić information content (AvgIpc) is 2.54. The van der Waals surface area contributed by atoms with E-state index in [1.54, 1.807) is 0 Å². The Bertz CT molecular complexity index is 612. The third kappa shape index (κ3) is 7.58. The van der Waals surface area contributed by atoms with E-state index < -0.39 is 48.6 Å². The Morgan fingerprint density at radius 2 is 1.44 bits per heavy atom. The highest BCUT2D eigenvalue weighted by atomic mass is 32.2. The lowest BCUT2D eigenvalue weighted by Crippen LogP contribution is -2.62. The lowest BCUT2D eigenvalue weighted by Gasteiger charge is -2.44. The predicted octanol–water partition coefficient (Wildman–Crippen LogP) is 0.436. The minimum absolute atomic E-state index is 0.0910. The molecule has 0 N–H and O–H groups in total. The zero-order valence-corrected chi connectivity index (χ0v) is 16.3. The molecule has 1 fully saturated rings. The number of esters is 3. The van der Waals surface area contributed by atoms with E-state index in [4.69, 9.17) is 30.1 Å². The Balaban J connectivity index is 3.25. The molecule has 0 aliphatic carbocycles. The molecule has 27 heavy (non-hydrogen) atoms. The van der Waals surface area contributed by atoms with Crippen LogP contribution in [0.25, 0.3) is 0 Å². The van der Waals surface area contributed by atoms with Crippen LogP contribution in [0.3, 0.4) is 0 Å². The summed E-state index contributed by atoms with van der Waals surface area (Å²) in [6.45, 7) is 4.68. The largest absolute Gasteiger partial charge is 0.456 e. The van der Waals surface area contributed by atoms with Gasteiger partial charge in [0, 0.05) is 33.4 Å². The Hall–Kier alpha value is -2.09. The Morgan fingerprint density at radius 1 is 0.926 bits per heavy atom. The molecule has 0 aromatic rings. The van der Waals surface area contributed by atoms with Gasteiger partial charge in [0.25, 0.3) is 0 Å². The van der Waals surface area contributed by atoms with Crippen LogP contribution in [0.15, 0.2) is 0 Å². The van der Waals surface area contributed by atoms with Gasteiger partial charge in [0.15, 0.2) is 29.7 Å². The molecule has 0 amide bonds. The first-order chi connectivity index (χ1) is 12.6. The minimum atomic E-state index is -1.22. The summed E-state index contributed by atoms with van der Waals surface area (Å²) in [6.07, 6.45) is -0.404. The van der Waals surface area contributed by atoms with Gasteiger partial charge in [-0.25, -0.2) is 0 Å². The molecule has 1 saturated heterocycles. The Kier molecular flexibility index (Phi) is 9.28. The number of carbonyl (C=O) groups is 4. The van der Waals surface area contributed by atoms with Crippen molar-refractivity contribution in [2.24, 2.45) is 0 Å². The normalized spacial score (nSPS) is 27.1. The molecule has 1 aliphatic heterocycles. The van der Waals surface area contributed by atoms with Crippen molar-refractivity contribution in [2.45, 2.75) is 58.4 Å². The van der Waals surface area contributed by atoms with E-state index in [0.717, 1.165) is 25.6 Å². The second-order valence-electron chi connectivity index (χ2n) is 5.58. The molecular formula is C17H22O9S. The first kappa shape index (κ1) is 23.0. The first-order valence-electron chi connectivity index (χ1n) is 8.01. The highest BCUT2D eigenvalue weighted by molar-refractivity contribution is 8.13. The molecule has 5 atom stereocenters. The van der Waals surface area contributed by atoms with Gasteiger partial charge < -0.3 is 23.7 Å². The van der Waals surface area contributed by atoms with Crippen LogP contribution in [0.2, 0.25) is 0 Å². The monoisotopic (exact) mass is 402 g/mol. The van der Waals surface area contributed by atoms with Crippen LogP contribution in [0.1, 0.15) is 27.7 Å². The van der Waals surface area contributed by atoms with Crippen molar-refractivity contribution in [1.82, 2.24) is 0 Å². The minimum Gasteiger partial charge on any atom is -0.456 e. The third-order valence-electron chi connectivity index (χ3n) is 3.28. The standard InChI is InChI=1S/C17H22O9S/c1-6-7-22-17-16(25-11(4)20)15(24-10(3)19)14(23-9(2)18)13(26-17)8-27-12(5)21/h1,13-17H,7-8H2,2-5H3/t13-,14+,15+,16-,17-/m1/s1. The molecule has 0 bridgehead atoms. The zero-order valence-electron chi connectivity index (χ0n) is 15.5. The molecule has 1 rings (SSSR count). The number of thioether (sulfide) groups is 1. The highest BCUT2D eigenvalue weighted by Crippen LogP contribution is 2.31. The number of terminal acetylenes is 1. The van der Waals surface area contributed by atoms with Crippen molar-refractivity contribution in [1.29, 1.82) is 0 Å². The van der Waals surface area contributed by atoms with E-state index in [1.807, 2.05) is 0 Å². The molecule has 0 saturated carbocycles. The van der Waals surface area contributed by atoms with Gasteiger partial charge in [0.1, 0.15) is 12.7 Å². The molecule has 0 unspecified atom stereocenters. The smallest absolute Gasteiger partial charge is 0.303 e. The number of rotatable bonds is 7. The Labute approximate surface area is 161 Å². The summed E-state index contributed by atoms with van der Waals surface area (Å²) in [5.74, 6) is 0.308. The molecular weight excluding hydrogens is 380 g/mol. The fourth-order valence-corrected chi connectivity index (χ4v) is 3.12. The maximum atomic E-state index is 11.6. The van der Waals surface area contributed by atoms with Gasteiger partial charge in [0.05, 0.1) is 0 Å². The number of hydrogen-bond donors (Lipinski definition) is 0. The molecule has 150 valence electrons. The molecule has 0 radical (unpaired) electrons. The van der Waals surface area contributed by atoms with Crippen LogP contribution in [0, 0.1) is 12.3 Å². The van der Waals surface area contributed by atoms with Gasteiger partial charge in [-0.2, -0.15) is 0 Å². The van der Waals surface area contributed by atoms with Gasteiger partial charge >= 0.3 is 17.9 Å². The van der Waals surface area contributed by atoms with E-state index >= 15 is 0 Å². The fraction of sp³-hybridized carbons (Fsp3) is 0.647. The van der Waals surface area contributed by atoms with Gasteiger partial charge in [-0.05, 0) is 0 Å². The lowest BCUT2D eigenvalue weighted by atomic mass is 9.98. The maximum absolute atomic E-state index is 11.6. The number of hydrogen-bond acceptors (Lipinski definition) is 10. The molecule has 1 heterocycles. The van der Waals surface area contributed by atoms with E-state index in [2.05, 4.69) is 5.92 Å². The summed E-state index contributed by atoms with van der Waals surface area (Å²) in [6, 6.07) is 0.